The van der Waals surface area contributed by atoms with Gasteiger partial charge in [0.25, 0.3) is 0 Å². The minimum Gasteiger partial charge on any atom is -0.337 e. The van der Waals surface area contributed by atoms with Gasteiger partial charge in [-0.25, -0.2) is 4.98 Å². The van der Waals surface area contributed by atoms with Crippen molar-refractivity contribution in [2.24, 2.45) is 0 Å². The fraction of sp³-hybridized carbons (Fsp3) is 0.0435. The molecule has 1 N–H and O–H groups in total. The van der Waals surface area contributed by atoms with E-state index in [0.29, 0.717) is 11.4 Å². The van der Waals surface area contributed by atoms with Crippen LogP contribution in [0.3, 0.4) is 0 Å². The van der Waals surface area contributed by atoms with E-state index in [1.54, 1.807) is 11.8 Å². The summed E-state index contributed by atoms with van der Waals surface area (Å²) in [6.45, 7) is 2.09. The van der Waals surface area contributed by atoms with Crippen molar-refractivity contribution in [3.05, 3.63) is 89.7 Å². The lowest BCUT2D eigenvalue weighted by Gasteiger charge is -2.03. The van der Waals surface area contributed by atoms with Gasteiger partial charge in [-0.05, 0) is 55.0 Å². The number of aryl methyl sites for hydroxylation is 1. The first kappa shape index (κ1) is 17.1. The number of benzene rings is 3. The Labute approximate surface area is 162 Å². The van der Waals surface area contributed by atoms with Crippen molar-refractivity contribution in [2.75, 3.05) is 0 Å². The van der Waals surface area contributed by atoms with Gasteiger partial charge >= 0.3 is 0 Å². The zero-order valence-electron chi connectivity index (χ0n) is 14.8. The van der Waals surface area contributed by atoms with Crippen LogP contribution in [0, 0.1) is 18.3 Å². The number of nitriles is 1. The summed E-state index contributed by atoms with van der Waals surface area (Å²) in [6.07, 6.45) is 1.86. The summed E-state index contributed by atoms with van der Waals surface area (Å²) < 4.78 is 0. The van der Waals surface area contributed by atoms with Crippen LogP contribution < -0.4 is 0 Å². The van der Waals surface area contributed by atoms with Gasteiger partial charge in [0.05, 0.1) is 16.6 Å². The van der Waals surface area contributed by atoms with Crippen molar-refractivity contribution < 1.29 is 0 Å². The van der Waals surface area contributed by atoms with Crippen molar-refractivity contribution >= 4 is 34.4 Å². The summed E-state index contributed by atoms with van der Waals surface area (Å²) in [6, 6.07) is 26.7. The molecule has 1 aromatic heterocycles. The Morgan fingerprint density at radius 3 is 2.30 bits per heavy atom. The zero-order chi connectivity index (χ0) is 18.6. The second kappa shape index (κ2) is 7.53. The molecule has 4 aromatic rings. The molecule has 0 spiro atoms. The van der Waals surface area contributed by atoms with E-state index in [1.165, 1.54) is 15.4 Å². The number of aromatic amines is 1. The lowest BCUT2D eigenvalue weighted by Crippen LogP contribution is -1.85. The number of aromatic nitrogens is 2. The van der Waals surface area contributed by atoms with Gasteiger partial charge in [0, 0.05) is 9.79 Å². The molecule has 0 unspecified atom stereocenters. The van der Waals surface area contributed by atoms with Crippen molar-refractivity contribution in [1.82, 2.24) is 9.97 Å². The first-order chi connectivity index (χ1) is 13.2. The van der Waals surface area contributed by atoms with Gasteiger partial charge in [0.15, 0.2) is 0 Å². The highest BCUT2D eigenvalue weighted by molar-refractivity contribution is 7.99. The number of nitrogens with zero attached hydrogens (tertiary/aromatic N) is 2. The molecule has 130 valence electrons. The number of imidazole rings is 1. The highest BCUT2D eigenvalue weighted by Crippen LogP contribution is 2.28. The predicted octanol–water partition coefficient (Wildman–Crippen LogP) is 6.09. The number of H-pyrrole nitrogens is 1. The largest absolute Gasteiger partial charge is 0.337 e. The van der Waals surface area contributed by atoms with E-state index in [-0.39, 0.29) is 0 Å². The molecule has 4 heteroatoms. The van der Waals surface area contributed by atoms with E-state index in [2.05, 4.69) is 59.4 Å². The maximum absolute atomic E-state index is 9.56. The van der Waals surface area contributed by atoms with E-state index in [9.17, 15) is 5.26 Å². The van der Waals surface area contributed by atoms with Crippen molar-refractivity contribution in [3.63, 3.8) is 0 Å². The van der Waals surface area contributed by atoms with Crippen LogP contribution in [0.5, 0.6) is 0 Å². The second-order valence-electron chi connectivity index (χ2n) is 6.26. The summed E-state index contributed by atoms with van der Waals surface area (Å²) in [5, 5.41) is 9.56. The van der Waals surface area contributed by atoms with Crippen LogP contribution in [-0.4, -0.2) is 9.97 Å². The molecular weight excluding hydrogens is 350 g/mol. The van der Waals surface area contributed by atoms with Crippen molar-refractivity contribution in [3.8, 4) is 6.07 Å². The normalized spacial score (nSPS) is 11.5. The molecule has 0 aliphatic rings. The SMILES string of the molecule is Cc1ccc(Sc2ccc(/C=C(/C#N)c3nc4ccccc4[nH]3)cc2)cc1. The lowest BCUT2D eigenvalue weighted by molar-refractivity contribution is 1.27. The van der Waals surface area contributed by atoms with Crippen molar-refractivity contribution in [2.45, 2.75) is 16.7 Å². The highest BCUT2D eigenvalue weighted by Gasteiger charge is 2.07. The Hall–Kier alpha value is -3.29. The molecule has 0 radical (unpaired) electrons. The quantitative estimate of drug-likeness (QED) is 0.444. The van der Waals surface area contributed by atoms with Gasteiger partial charge in [-0.3, -0.25) is 0 Å². The maximum atomic E-state index is 9.56. The van der Waals surface area contributed by atoms with Gasteiger partial charge < -0.3 is 4.98 Å². The number of hydrogen-bond donors (Lipinski definition) is 1. The number of hydrogen-bond acceptors (Lipinski definition) is 3. The Balaban J connectivity index is 1.56. The third-order valence-corrected chi connectivity index (χ3v) is 5.23. The van der Waals surface area contributed by atoms with Gasteiger partial charge in [0.1, 0.15) is 11.9 Å². The molecule has 0 saturated carbocycles. The number of allylic oxidation sites excluding steroid dienone is 1. The first-order valence-corrected chi connectivity index (χ1v) is 9.44. The molecule has 0 bridgehead atoms. The van der Waals surface area contributed by atoms with Gasteiger partial charge in [-0.1, -0.05) is 53.7 Å². The van der Waals surface area contributed by atoms with Crippen LogP contribution in [0.15, 0.2) is 82.6 Å². The van der Waals surface area contributed by atoms with Crippen LogP contribution in [0.1, 0.15) is 17.0 Å². The second-order valence-corrected chi connectivity index (χ2v) is 7.40. The van der Waals surface area contributed by atoms with Crippen LogP contribution in [0.4, 0.5) is 0 Å². The molecule has 0 aliphatic carbocycles. The van der Waals surface area contributed by atoms with Gasteiger partial charge in [-0.2, -0.15) is 5.26 Å². The molecule has 0 atom stereocenters. The standard InChI is InChI=1S/C23H17N3S/c1-16-6-10-19(11-7-16)27-20-12-8-17(9-13-20)14-18(15-24)23-25-21-4-2-3-5-22(21)26-23/h2-14H,1H3,(H,25,26)/b18-14-. The van der Waals surface area contributed by atoms with Gasteiger partial charge in [0.2, 0.25) is 0 Å². The van der Waals surface area contributed by atoms with Crippen molar-refractivity contribution in [1.29, 1.82) is 5.26 Å². The monoisotopic (exact) mass is 367 g/mol. The minimum atomic E-state index is 0.519. The smallest absolute Gasteiger partial charge is 0.149 e. The minimum absolute atomic E-state index is 0.519. The summed E-state index contributed by atoms with van der Waals surface area (Å²) >= 11 is 1.72. The number of rotatable bonds is 4. The fourth-order valence-corrected chi connectivity index (χ4v) is 3.59. The van der Waals surface area contributed by atoms with Crippen LogP contribution in [0.2, 0.25) is 0 Å². The van der Waals surface area contributed by atoms with Gasteiger partial charge in [-0.15, -0.1) is 0 Å². The third kappa shape index (κ3) is 3.94. The van der Waals surface area contributed by atoms with Crippen LogP contribution in [0.25, 0.3) is 22.7 Å². The number of para-hydroxylation sites is 2. The maximum Gasteiger partial charge on any atom is 0.149 e. The average Bonchev–Trinajstić information content (AvgIpc) is 3.13. The number of fused-ring (bicyclic) bond motifs is 1. The Morgan fingerprint density at radius 2 is 1.63 bits per heavy atom. The van der Waals surface area contributed by atoms with E-state index in [4.69, 9.17) is 0 Å². The van der Waals surface area contributed by atoms with E-state index in [1.807, 2.05) is 42.5 Å². The third-order valence-electron chi connectivity index (χ3n) is 4.21. The summed E-state index contributed by atoms with van der Waals surface area (Å²) in [5.74, 6) is 0.594. The molecule has 0 saturated heterocycles. The topological polar surface area (TPSA) is 52.5 Å². The molecule has 0 amide bonds. The molecule has 27 heavy (non-hydrogen) atoms. The van der Waals surface area contributed by atoms with E-state index < -0.39 is 0 Å². The predicted molar refractivity (Wildman–Crippen MR) is 111 cm³/mol. The lowest BCUT2D eigenvalue weighted by atomic mass is 10.1. The molecule has 0 fully saturated rings. The molecule has 4 rings (SSSR count). The summed E-state index contributed by atoms with van der Waals surface area (Å²) in [7, 11) is 0. The molecule has 1 heterocycles. The van der Waals surface area contributed by atoms with E-state index in [0.717, 1.165) is 16.6 Å². The van der Waals surface area contributed by atoms with Crippen LogP contribution >= 0.6 is 11.8 Å². The van der Waals surface area contributed by atoms with E-state index >= 15 is 0 Å². The Bertz CT molecular complexity index is 1110. The number of nitrogens with one attached hydrogen (secondary N) is 1. The first-order valence-electron chi connectivity index (χ1n) is 8.63. The fourth-order valence-electron chi connectivity index (χ4n) is 2.78. The molecular formula is C23H17N3S. The molecule has 3 aromatic carbocycles. The zero-order valence-corrected chi connectivity index (χ0v) is 15.6. The highest BCUT2D eigenvalue weighted by atomic mass is 32.2. The Morgan fingerprint density at radius 1 is 0.963 bits per heavy atom. The Kier molecular flexibility index (Phi) is 4.78. The van der Waals surface area contributed by atoms with Crippen LogP contribution in [-0.2, 0) is 0 Å². The molecule has 3 nitrogen and oxygen atoms in total. The average molecular weight is 367 g/mol. The summed E-state index contributed by atoms with van der Waals surface area (Å²) in [4.78, 5) is 10.1. The summed E-state index contributed by atoms with van der Waals surface area (Å²) in [5.41, 5.74) is 4.54. The molecule has 0 aliphatic heterocycles.